The van der Waals surface area contributed by atoms with Crippen LogP contribution in [0.1, 0.15) is 0 Å². The summed E-state index contributed by atoms with van der Waals surface area (Å²) in [6, 6.07) is 9.55. The molecule has 0 saturated carbocycles. The van der Waals surface area contributed by atoms with Gasteiger partial charge in [-0.2, -0.15) is 5.10 Å². The van der Waals surface area contributed by atoms with Gasteiger partial charge in [-0.05, 0) is 30.3 Å². The Kier molecular flexibility index (Phi) is 4.65. The van der Waals surface area contributed by atoms with E-state index < -0.39 is 0 Å². The quantitative estimate of drug-likeness (QED) is 0.754. The van der Waals surface area contributed by atoms with E-state index in [2.05, 4.69) is 31.3 Å². The van der Waals surface area contributed by atoms with Gasteiger partial charge in [-0.25, -0.2) is 14.6 Å². The highest BCUT2D eigenvalue weighted by molar-refractivity contribution is 5.58. The van der Waals surface area contributed by atoms with Gasteiger partial charge in [-0.15, -0.1) is 0 Å². The predicted molar refractivity (Wildman–Crippen MR) is 98.5 cm³/mol. The van der Waals surface area contributed by atoms with Gasteiger partial charge in [0, 0.05) is 25.5 Å². The molecule has 3 aromatic rings. The van der Waals surface area contributed by atoms with Crippen LogP contribution in [-0.4, -0.2) is 53.2 Å². The van der Waals surface area contributed by atoms with Gasteiger partial charge in [0.2, 0.25) is 0 Å². The van der Waals surface area contributed by atoms with E-state index in [4.69, 9.17) is 9.47 Å². The number of aromatic nitrogens is 4. The molecule has 1 saturated heterocycles. The Morgan fingerprint density at radius 1 is 1.12 bits per heavy atom. The molecule has 4 rings (SSSR count). The zero-order valence-electron chi connectivity index (χ0n) is 14.5. The molecule has 0 atom stereocenters. The van der Waals surface area contributed by atoms with Crippen LogP contribution in [0, 0.1) is 0 Å². The first kappa shape index (κ1) is 16.3. The minimum Gasteiger partial charge on any atom is -0.493 e. The number of rotatable bonds is 5. The average Bonchev–Trinajstić information content (AvgIpc) is 3.24. The number of nitrogens with one attached hydrogen (secondary N) is 1. The van der Waals surface area contributed by atoms with Crippen molar-refractivity contribution >= 4 is 17.3 Å². The van der Waals surface area contributed by atoms with E-state index >= 15 is 0 Å². The fraction of sp³-hybridized carbons (Fsp3) is 0.278. The maximum Gasteiger partial charge on any atom is 0.198 e. The molecule has 0 amide bonds. The highest BCUT2D eigenvalue weighted by Crippen LogP contribution is 2.24. The molecule has 0 aromatic carbocycles. The third kappa shape index (κ3) is 3.45. The van der Waals surface area contributed by atoms with Crippen molar-refractivity contribution in [1.82, 2.24) is 19.7 Å². The van der Waals surface area contributed by atoms with E-state index in [0.29, 0.717) is 17.4 Å². The topological polar surface area (TPSA) is 77.3 Å². The predicted octanol–water partition coefficient (Wildman–Crippen LogP) is 2.25. The van der Waals surface area contributed by atoms with Gasteiger partial charge in [-0.1, -0.05) is 0 Å². The Balaban J connectivity index is 1.52. The number of pyridine rings is 2. The lowest BCUT2D eigenvalue weighted by Crippen LogP contribution is -2.36. The van der Waals surface area contributed by atoms with Gasteiger partial charge in [0.05, 0.1) is 32.2 Å². The van der Waals surface area contributed by atoms with Crippen LogP contribution in [0.4, 0.5) is 17.3 Å². The van der Waals surface area contributed by atoms with Crippen molar-refractivity contribution in [3.8, 4) is 11.6 Å². The lowest BCUT2D eigenvalue weighted by atomic mass is 10.3. The van der Waals surface area contributed by atoms with Gasteiger partial charge >= 0.3 is 0 Å². The van der Waals surface area contributed by atoms with Crippen LogP contribution in [0.25, 0.3) is 5.82 Å². The number of morpholine rings is 1. The summed E-state index contributed by atoms with van der Waals surface area (Å²) in [5.41, 5.74) is 1.10. The zero-order valence-corrected chi connectivity index (χ0v) is 14.5. The first-order valence-electron chi connectivity index (χ1n) is 8.44. The molecule has 134 valence electrons. The summed E-state index contributed by atoms with van der Waals surface area (Å²) in [4.78, 5) is 11.4. The molecule has 0 radical (unpaired) electrons. The monoisotopic (exact) mass is 352 g/mol. The van der Waals surface area contributed by atoms with Crippen molar-refractivity contribution in [2.24, 2.45) is 0 Å². The molecule has 0 unspecified atom stereocenters. The summed E-state index contributed by atoms with van der Waals surface area (Å²) < 4.78 is 12.4. The molecule has 1 N–H and O–H groups in total. The summed E-state index contributed by atoms with van der Waals surface area (Å²) in [6.45, 7) is 3.29. The van der Waals surface area contributed by atoms with Gasteiger partial charge in [-0.3, -0.25) is 0 Å². The Hall–Kier alpha value is -3.13. The SMILES string of the molecule is COc1ccc(Nc2ccc(N3CCOCC3)cn2)nc1-n1cccn1. The van der Waals surface area contributed by atoms with Gasteiger partial charge < -0.3 is 19.7 Å². The van der Waals surface area contributed by atoms with E-state index in [1.807, 2.05) is 36.7 Å². The highest BCUT2D eigenvalue weighted by Gasteiger charge is 2.12. The van der Waals surface area contributed by atoms with E-state index in [1.54, 1.807) is 18.0 Å². The van der Waals surface area contributed by atoms with Gasteiger partial charge in [0.15, 0.2) is 11.6 Å². The number of nitrogens with zero attached hydrogens (tertiary/aromatic N) is 5. The summed E-state index contributed by atoms with van der Waals surface area (Å²) in [6.07, 6.45) is 5.39. The van der Waals surface area contributed by atoms with Crippen LogP contribution in [0.3, 0.4) is 0 Å². The number of anilines is 3. The van der Waals surface area contributed by atoms with Crippen LogP contribution >= 0.6 is 0 Å². The molecule has 0 aliphatic carbocycles. The molecular formula is C18H20N6O2. The molecule has 8 heteroatoms. The fourth-order valence-corrected chi connectivity index (χ4v) is 2.82. The molecule has 1 aliphatic heterocycles. The molecule has 0 spiro atoms. The summed E-state index contributed by atoms with van der Waals surface area (Å²) >= 11 is 0. The van der Waals surface area contributed by atoms with Crippen LogP contribution in [0.15, 0.2) is 48.9 Å². The van der Waals surface area contributed by atoms with Gasteiger partial charge in [0.1, 0.15) is 11.6 Å². The number of hydrogen-bond donors (Lipinski definition) is 1. The second-order valence-corrected chi connectivity index (χ2v) is 5.80. The standard InChI is InChI=1S/C18H20N6O2/c1-25-15-4-6-17(22-18(15)24-8-2-7-20-24)21-16-5-3-14(13-19-16)23-9-11-26-12-10-23/h2-8,13H,9-12H2,1H3,(H,19,21,22). The summed E-state index contributed by atoms with van der Waals surface area (Å²) in [7, 11) is 1.61. The number of ether oxygens (including phenoxy) is 2. The normalized spacial score (nSPS) is 14.3. The Labute approximate surface area is 151 Å². The van der Waals surface area contributed by atoms with E-state index in [0.717, 1.165) is 37.8 Å². The summed E-state index contributed by atoms with van der Waals surface area (Å²) in [5.74, 6) is 2.66. The third-order valence-corrected chi connectivity index (χ3v) is 4.16. The largest absolute Gasteiger partial charge is 0.493 e. The van der Waals surface area contributed by atoms with Crippen LogP contribution in [0.2, 0.25) is 0 Å². The van der Waals surface area contributed by atoms with Crippen molar-refractivity contribution in [3.63, 3.8) is 0 Å². The lowest BCUT2D eigenvalue weighted by molar-refractivity contribution is 0.122. The van der Waals surface area contributed by atoms with Crippen LogP contribution < -0.4 is 15.0 Å². The van der Waals surface area contributed by atoms with Crippen molar-refractivity contribution in [2.75, 3.05) is 43.6 Å². The van der Waals surface area contributed by atoms with E-state index in [9.17, 15) is 0 Å². The second-order valence-electron chi connectivity index (χ2n) is 5.80. The number of hydrogen-bond acceptors (Lipinski definition) is 7. The Bertz CT molecular complexity index is 845. The molecule has 0 bridgehead atoms. The molecular weight excluding hydrogens is 332 g/mol. The molecule has 26 heavy (non-hydrogen) atoms. The Morgan fingerprint density at radius 3 is 2.65 bits per heavy atom. The smallest absolute Gasteiger partial charge is 0.198 e. The minimum atomic E-state index is 0.618. The molecule has 1 aliphatic rings. The molecule has 3 aromatic heterocycles. The third-order valence-electron chi connectivity index (χ3n) is 4.16. The Morgan fingerprint density at radius 2 is 1.96 bits per heavy atom. The van der Waals surface area contributed by atoms with E-state index in [-0.39, 0.29) is 0 Å². The number of methoxy groups -OCH3 is 1. The first-order valence-corrected chi connectivity index (χ1v) is 8.44. The van der Waals surface area contributed by atoms with Crippen molar-refractivity contribution < 1.29 is 9.47 Å². The fourth-order valence-electron chi connectivity index (χ4n) is 2.82. The molecule has 1 fully saturated rings. The maximum atomic E-state index is 5.38. The zero-order chi connectivity index (χ0) is 17.8. The first-order chi connectivity index (χ1) is 12.8. The summed E-state index contributed by atoms with van der Waals surface area (Å²) in [5, 5.41) is 7.45. The van der Waals surface area contributed by atoms with Crippen LogP contribution in [0.5, 0.6) is 5.75 Å². The minimum absolute atomic E-state index is 0.618. The van der Waals surface area contributed by atoms with E-state index in [1.165, 1.54) is 0 Å². The molecule has 8 nitrogen and oxygen atoms in total. The highest BCUT2D eigenvalue weighted by atomic mass is 16.5. The van der Waals surface area contributed by atoms with Crippen LogP contribution in [-0.2, 0) is 4.74 Å². The van der Waals surface area contributed by atoms with Crippen molar-refractivity contribution in [3.05, 3.63) is 48.9 Å². The molecule has 4 heterocycles. The lowest BCUT2D eigenvalue weighted by Gasteiger charge is -2.28. The second kappa shape index (κ2) is 7.40. The van der Waals surface area contributed by atoms with Gasteiger partial charge in [0.25, 0.3) is 0 Å². The van der Waals surface area contributed by atoms with Crippen molar-refractivity contribution in [2.45, 2.75) is 0 Å². The average molecular weight is 352 g/mol. The van der Waals surface area contributed by atoms with Crippen molar-refractivity contribution in [1.29, 1.82) is 0 Å². The maximum absolute atomic E-state index is 5.38.